The van der Waals surface area contributed by atoms with Crippen LogP contribution < -0.4 is 9.47 Å². The van der Waals surface area contributed by atoms with Crippen molar-refractivity contribution in [2.24, 2.45) is 11.8 Å². The van der Waals surface area contributed by atoms with E-state index in [9.17, 15) is 10.1 Å². The predicted molar refractivity (Wildman–Crippen MR) is 155 cm³/mol. The van der Waals surface area contributed by atoms with Crippen molar-refractivity contribution in [1.82, 2.24) is 0 Å². The van der Waals surface area contributed by atoms with Crippen molar-refractivity contribution < 1.29 is 14.3 Å². The van der Waals surface area contributed by atoms with E-state index in [0.29, 0.717) is 23.5 Å². The van der Waals surface area contributed by atoms with Crippen molar-refractivity contribution in [3.63, 3.8) is 0 Å². The highest BCUT2D eigenvalue weighted by Crippen LogP contribution is 2.34. The number of aryl methyl sites for hydroxylation is 1. The van der Waals surface area contributed by atoms with Crippen molar-refractivity contribution >= 4 is 5.97 Å². The first-order chi connectivity index (χ1) is 18.6. The minimum Gasteiger partial charge on any atom is -0.494 e. The van der Waals surface area contributed by atoms with Gasteiger partial charge in [-0.1, -0.05) is 97.0 Å². The Kier molecular flexibility index (Phi) is 13.2. The predicted octanol–water partition coefficient (Wildman–Crippen LogP) is 9.45. The molecule has 2 aromatic rings. The number of hydrogen-bond acceptors (Lipinski definition) is 4. The molecule has 3 rings (SSSR count). The number of ether oxygens (including phenoxy) is 2. The lowest BCUT2D eigenvalue weighted by atomic mass is 9.78. The molecule has 0 spiro atoms. The molecule has 0 unspecified atom stereocenters. The standard InChI is InChI=1S/C34H47NO3/c1-3-5-7-8-10-24-37-32-21-19-30(20-22-32)34(36)38-33-23-18-29(25-31(33)26-35)17-16-28-14-12-27(13-15-28)11-9-6-4-2/h18-23,25,27-28H,3-17,24H2,1-2H3/t27-,28-. The van der Waals surface area contributed by atoms with Crippen molar-refractivity contribution in [2.75, 3.05) is 6.61 Å². The number of esters is 1. The largest absolute Gasteiger partial charge is 0.494 e. The summed E-state index contributed by atoms with van der Waals surface area (Å²) in [5, 5.41) is 9.69. The average Bonchev–Trinajstić information content (AvgIpc) is 2.95. The topological polar surface area (TPSA) is 59.3 Å². The van der Waals surface area contributed by atoms with Gasteiger partial charge in [-0.25, -0.2) is 4.79 Å². The van der Waals surface area contributed by atoms with Crippen LogP contribution in [-0.2, 0) is 6.42 Å². The zero-order valence-electron chi connectivity index (χ0n) is 23.7. The Bertz CT molecular complexity index is 999. The fourth-order valence-electron chi connectivity index (χ4n) is 5.51. The molecule has 0 heterocycles. The van der Waals surface area contributed by atoms with Crippen LogP contribution in [0.3, 0.4) is 0 Å². The zero-order valence-corrected chi connectivity index (χ0v) is 23.7. The van der Waals surface area contributed by atoms with Crippen LogP contribution in [0.25, 0.3) is 0 Å². The van der Waals surface area contributed by atoms with Crippen LogP contribution in [0.1, 0.15) is 125 Å². The van der Waals surface area contributed by atoms with E-state index in [2.05, 4.69) is 19.9 Å². The second kappa shape index (κ2) is 16.9. The maximum absolute atomic E-state index is 12.7. The molecule has 1 saturated carbocycles. The number of benzene rings is 2. The molecule has 0 N–H and O–H groups in total. The molecule has 0 saturated heterocycles. The van der Waals surface area contributed by atoms with Crippen molar-refractivity contribution in [2.45, 2.75) is 110 Å². The fourth-order valence-corrected chi connectivity index (χ4v) is 5.51. The highest BCUT2D eigenvalue weighted by molar-refractivity contribution is 5.91. The number of hydrogen-bond donors (Lipinski definition) is 0. The van der Waals surface area contributed by atoms with Gasteiger partial charge in [-0.15, -0.1) is 0 Å². The average molecular weight is 518 g/mol. The van der Waals surface area contributed by atoms with Gasteiger partial charge in [0.25, 0.3) is 0 Å². The van der Waals surface area contributed by atoms with Gasteiger partial charge >= 0.3 is 5.97 Å². The quantitative estimate of drug-likeness (QED) is 0.126. The molecule has 38 heavy (non-hydrogen) atoms. The van der Waals surface area contributed by atoms with E-state index in [1.54, 1.807) is 30.3 Å². The monoisotopic (exact) mass is 517 g/mol. The summed E-state index contributed by atoms with van der Waals surface area (Å²) in [6, 6.07) is 14.9. The molecule has 0 aromatic heterocycles. The summed E-state index contributed by atoms with van der Waals surface area (Å²) in [6.07, 6.45) is 19.0. The molecular weight excluding hydrogens is 470 g/mol. The molecule has 206 valence electrons. The minimum atomic E-state index is -0.462. The second-order valence-electron chi connectivity index (χ2n) is 11.0. The lowest BCUT2D eigenvalue weighted by molar-refractivity contribution is 0.0734. The molecule has 0 amide bonds. The number of carbonyl (C=O) groups excluding carboxylic acids is 1. The van der Waals surface area contributed by atoms with Crippen LogP contribution in [0.4, 0.5) is 0 Å². The third-order valence-electron chi connectivity index (χ3n) is 8.00. The van der Waals surface area contributed by atoms with Gasteiger partial charge in [0, 0.05) is 0 Å². The molecule has 4 heteroatoms. The van der Waals surface area contributed by atoms with Crippen LogP contribution in [0.2, 0.25) is 0 Å². The lowest BCUT2D eigenvalue weighted by Gasteiger charge is -2.28. The molecule has 1 fully saturated rings. The van der Waals surface area contributed by atoms with E-state index >= 15 is 0 Å². The first kappa shape index (κ1) is 29.8. The molecule has 4 nitrogen and oxygen atoms in total. The first-order valence-electron chi connectivity index (χ1n) is 15.1. The SMILES string of the molecule is CCCCCCCOc1ccc(C(=O)Oc2ccc(CC[C@H]3CC[C@H](CCCCC)CC3)cc2C#N)cc1. The Morgan fingerprint density at radius 2 is 1.50 bits per heavy atom. The number of nitriles is 1. The molecule has 2 aromatic carbocycles. The van der Waals surface area contributed by atoms with Gasteiger partial charge < -0.3 is 9.47 Å². The van der Waals surface area contributed by atoms with E-state index in [-0.39, 0.29) is 0 Å². The Hall–Kier alpha value is -2.80. The summed E-state index contributed by atoms with van der Waals surface area (Å²) in [5.74, 6) is 2.33. The Labute approximate surface area is 230 Å². The van der Waals surface area contributed by atoms with Gasteiger partial charge in [0.15, 0.2) is 0 Å². The maximum Gasteiger partial charge on any atom is 0.343 e. The molecule has 0 radical (unpaired) electrons. The minimum absolute atomic E-state index is 0.321. The highest BCUT2D eigenvalue weighted by Gasteiger charge is 2.21. The van der Waals surface area contributed by atoms with E-state index in [1.165, 1.54) is 83.5 Å². The van der Waals surface area contributed by atoms with Crippen LogP contribution in [-0.4, -0.2) is 12.6 Å². The molecule has 1 aliphatic rings. The molecule has 0 aliphatic heterocycles. The van der Waals surface area contributed by atoms with Crippen molar-refractivity contribution in [1.29, 1.82) is 5.26 Å². The van der Waals surface area contributed by atoms with E-state index < -0.39 is 5.97 Å². The smallest absolute Gasteiger partial charge is 0.343 e. The Morgan fingerprint density at radius 3 is 2.18 bits per heavy atom. The molecule has 0 bridgehead atoms. The van der Waals surface area contributed by atoms with Crippen LogP contribution in [0.15, 0.2) is 42.5 Å². The summed E-state index contributed by atoms with van der Waals surface area (Å²) in [5.41, 5.74) is 2.00. The zero-order chi connectivity index (χ0) is 27.0. The van der Waals surface area contributed by atoms with Crippen LogP contribution >= 0.6 is 0 Å². The maximum atomic E-state index is 12.7. The van der Waals surface area contributed by atoms with Gasteiger partial charge in [-0.3, -0.25) is 0 Å². The van der Waals surface area contributed by atoms with Crippen molar-refractivity contribution in [3.05, 3.63) is 59.2 Å². The second-order valence-corrected chi connectivity index (χ2v) is 11.0. The number of carbonyl (C=O) groups is 1. The van der Waals surface area contributed by atoms with Crippen LogP contribution in [0, 0.1) is 23.2 Å². The lowest BCUT2D eigenvalue weighted by Crippen LogP contribution is -2.15. The normalized spacial score (nSPS) is 17.1. The summed E-state index contributed by atoms with van der Waals surface area (Å²) < 4.78 is 11.4. The van der Waals surface area contributed by atoms with Gasteiger partial charge in [0.1, 0.15) is 17.6 Å². The number of unbranched alkanes of at least 4 members (excludes halogenated alkanes) is 6. The molecule has 1 aliphatic carbocycles. The van der Waals surface area contributed by atoms with Gasteiger partial charge in [0.05, 0.1) is 17.7 Å². The van der Waals surface area contributed by atoms with Gasteiger partial charge in [0.2, 0.25) is 0 Å². The third kappa shape index (κ3) is 10.2. The number of nitrogens with zero attached hydrogens (tertiary/aromatic N) is 1. The van der Waals surface area contributed by atoms with E-state index in [4.69, 9.17) is 9.47 Å². The molecular formula is C34H47NO3. The summed E-state index contributed by atoms with van der Waals surface area (Å²) >= 11 is 0. The van der Waals surface area contributed by atoms with Crippen molar-refractivity contribution in [3.8, 4) is 17.6 Å². The summed E-state index contributed by atoms with van der Waals surface area (Å²) in [7, 11) is 0. The van der Waals surface area contributed by atoms with E-state index in [1.807, 2.05) is 12.1 Å². The third-order valence-corrected chi connectivity index (χ3v) is 8.00. The Morgan fingerprint density at radius 1 is 0.842 bits per heavy atom. The highest BCUT2D eigenvalue weighted by atomic mass is 16.5. The first-order valence-corrected chi connectivity index (χ1v) is 15.1. The summed E-state index contributed by atoms with van der Waals surface area (Å²) in [6.45, 7) is 5.17. The number of rotatable bonds is 16. The fraction of sp³-hybridized carbons (Fsp3) is 0.588. The van der Waals surface area contributed by atoms with E-state index in [0.717, 1.165) is 36.0 Å². The Balaban J connectivity index is 1.44. The molecule has 0 atom stereocenters. The van der Waals surface area contributed by atoms with Crippen LogP contribution in [0.5, 0.6) is 11.5 Å². The van der Waals surface area contributed by atoms with Gasteiger partial charge in [-0.05, 0) is 73.1 Å². The summed E-state index contributed by atoms with van der Waals surface area (Å²) in [4.78, 5) is 12.7. The van der Waals surface area contributed by atoms with Gasteiger partial charge in [-0.2, -0.15) is 5.26 Å².